The van der Waals surface area contributed by atoms with Gasteiger partial charge in [-0.2, -0.15) is 4.98 Å². The zero-order valence-electron chi connectivity index (χ0n) is 11.9. The van der Waals surface area contributed by atoms with Gasteiger partial charge in [0.2, 0.25) is 11.7 Å². The molecule has 0 aliphatic heterocycles. The van der Waals surface area contributed by atoms with Crippen molar-refractivity contribution in [2.24, 2.45) is 0 Å². The molecule has 9 heteroatoms. The van der Waals surface area contributed by atoms with Crippen LogP contribution in [-0.4, -0.2) is 24.3 Å². The number of nitrogens with zero attached hydrogens (tertiary/aromatic N) is 2. The molecule has 0 saturated heterocycles. The van der Waals surface area contributed by atoms with Crippen LogP contribution < -0.4 is 0 Å². The van der Waals surface area contributed by atoms with Crippen LogP contribution in [0.4, 0.5) is 0 Å². The number of halogens is 1. The molecule has 0 amide bonds. The third-order valence-electron chi connectivity index (χ3n) is 3.05. The molecule has 3 rings (SSSR count). The van der Waals surface area contributed by atoms with E-state index in [4.69, 9.17) is 4.52 Å². The van der Waals surface area contributed by atoms with Crippen LogP contribution in [0.3, 0.4) is 0 Å². The van der Waals surface area contributed by atoms with Crippen LogP contribution >= 0.6 is 38.6 Å². The molecule has 0 N–H and O–H groups in total. The van der Waals surface area contributed by atoms with Crippen LogP contribution in [0.25, 0.3) is 10.7 Å². The Balaban J connectivity index is 1.52. The second-order valence-electron chi connectivity index (χ2n) is 4.89. The molecule has 0 aliphatic rings. The summed E-state index contributed by atoms with van der Waals surface area (Å²) in [5, 5.41) is 5.86. The Kier molecular flexibility index (Phi) is 5.30. The van der Waals surface area contributed by atoms with Crippen LogP contribution in [0.5, 0.6) is 0 Å². The van der Waals surface area contributed by atoms with E-state index in [2.05, 4.69) is 26.1 Å². The molecule has 122 valence electrons. The molecular formula is C14H13BrN2O3S3. The van der Waals surface area contributed by atoms with Crippen LogP contribution in [0.1, 0.15) is 17.2 Å². The van der Waals surface area contributed by atoms with E-state index in [-0.39, 0.29) is 11.5 Å². The van der Waals surface area contributed by atoms with Gasteiger partial charge in [-0.1, -0.05) is 11.2 Å². The first-order valence-corrected chi connectivity index (χ1v) is 11.1. The van der Waals surface area contributed by atoms with E-state index in [1.54, 1.807) is 0 Å². The molecule has 0 spiro atoms. The van der Waals surface area contributed by atoms with E-state index in [9.17, 15) is 8.42 Å². The Labute approximate surface area is 150 Å². The number of thiophene rings is 2. The SMILES string of the molecule is O=S(=O)(CCCc1nc(-c2cccs2)no1)Cc1ccc(Br)s1. The molecule has 3 heterocycles. The number of hydrogen-bond donors (Lipinski definition) is 0. The van der Waals surface area contributed by atoms with Crippen molar-refractivity contribution in [1.82, 2.24) is 10.1 Å². The molecule has 0 aromatic carbocycles. The molecule has 0 saturated carbocycles. The van der Waals surface area contributed by atoms with Crippen LogP contribution in [0.2, 0.25) is 0 Å². The van der Waals surface area contributed by atoms with Gasteiger partial charge in [-0.15, -0.1) is 22.7 Å². The molecule has 0 unspecified atom stereocenters. The van der Waals surface area contributed by atoms with E-state index in [0.717, 1.165) is 13.5 Å². The average Bonchev–Trinajstić information content (AvgIpc) is 3.19. The average molecular weight is 433 g/mol. The number of aromatic nitrogens is 2. The highest BCUT2D eigenvalue weighted by Crippen LogP contribution is 2.24. The highest BCUT2D eigenvalue weighted by molar-refractivity contribution is 9.11. The van der Waals surface area contributed by atoms with Gasteiger partial charge in [0.05, 0.1) is 20.2 Å². The first-order valence-electron chi connectivity index (χ1n) is 6.83. The molecular weight excluding hydrogens is 420 g/mol. The Morgan fingerprint density at radius 3 is 2.83 bits per heavy atom. The zero-order chi connectivity index (χ0) is 16.3. The molecule has 0 fully saturated rings. The van der Waals surface area contributed by atoms with E-state index >= 15 is 0 Å². The van der Waals surface area contributed by atoms with Gasteiger partial charge in [-0.3, -0.25) is 0 Å². The predicted octanol–water partition coefficient (Wildman–Crippen LogP) is 4.17. The van der Waals surface area contributed by atoms with Gasteiger partial charge in [0.15, 0.2) is 9.84 Å². The monoisotopic (exact) mass is 432 g/mol. The van der Waals surface area contributed by atoms with Crippen LogP contribution in [-0.2, 0) is 22.0 Å². The minimum absolute atomic E-state index is 0.0769. The molecule has 5 nitrogen and oxygen atoms in total. The number of rotatable bonds is 7. The summed E-state index contributed by atoms with van der Waals surface area (Å²) in [7, 11) is -3.13. The van der Waals surface area contributed by atoms with E-state index in [0.29, 0.717) is 24.6 Å². The second kappa shape index (κ2) is 7.25. The minimum atomic E-state index is -3.13. The zero-order valence-corrected chi connectivity index (χ0v) is 16.0. The van der Waals surface area contributed by atoms with Crippen molar-refractivity contribution in [3.05, 3.63) is 44.2 Å². The van der Waals surface area contributed by atoms with Gasteiger partial charge >= 0.3 is 0 Å². The molecule has 23 heavy (non-hydrogen) atoms. The van der Waals surface area contributed by atoms with Crippen molar-refractivity contribution in [3.8, 4) is 10.7 Å². The maximum absolute atomic E-state index is 12.1. The molecule has 3 aromatic heterocycles. The smallest absolute Gasteiger partial charge is 0.227 e. The Morgan fingerprint density at radius 1 is 1.26 bits per heavy atom. The lowest BCUT2D eigenvalue weighted by atomic mass is 10.3. The van der Waals surface area contributed by atoms with Crippen molar-refractivity contribution in [2.45, 2.75) is 18.6 Å². The standard InChI is InChI=1S/C14H13BrN2O3S3/c15-12-6-5-10(22-12)9-23(18,19)8-2-4-13-16-14(17-20-13)11-3-1-7-21-11/h1,3,5-7H,2,4,8-9H2. The number of sulfone groups is 1. The maximum Gasteiger partial charge on any atom is 0.227 e. The first kappa shape index (κ1) is 16.8. The summed E-state index contributed by atoms with van der Waals surface area (Å²) in [5.41, 5.74) is 0. The van der Waals surface area contributed by atoms with Crippen molar-refractivity contribution in [2.75, 3.05) is 5.75 Å². The lowest BCUT2D eigenvalue weighted by Gasteiger charge is -2.01. The summed E-state index contributed by atoms with van der Waals surface area (Å²) >= 11 is 6.32. The molecule has 3 aromatic rings. The Morgan fingerprint density at radius 2 is 2.13 bits per heavy atom. The van der Waals surface area contributed by atoms with Gasteiger partial charge in [0.25, 0.3) is 0 Å². The van der Waals surface area contributed by atoms with Crippen molar-refractivity contribution in [3.63, 3.8) is 0 Å². The summed E-state index contributed by atoms with van der Waals surface area (Å²) < 4.78 is 30.3. The third-order valence-corrected chi connectivity index (χ3v) is 7.38. The van der Waals surface area contributed by atoms with Gasteiger partial charge < -0.3 is 4.52 Å². The quantitative estimate of drug-likeness (QED) is 0.559. The topological polar surface area (TPSA) is 73.1 Å². The highest BCUT2D eigenvalue weighted by atomic mass is 79.9. The van der Waals surface area contributed by atoms with Gasteiger partial charge in [-0.25, -0.2) is 8.42 Å². The third kappa shape index (κ3) is 4.72. The lowest BCUT2D eigenvalue weighted by molar-refractivity contribution is 0.378. The fourth-order valence-corrected chi connectivity index (χ4v) is 5.98. The summed E-state index contributed by atoms with van der Waals surface area (Å²) in [6.45, 7) is 0. The van der Waals surface area contributed by atoms with E-state index in [1.807, 2.05) is 29.6 Å². The van der Waals surface area contributed by atoms with Crippen molar-refractivity contribution < 1.29 is 12.9 Å². The minimum Gasteiger partial charge on any atom is -0.339 e. The number of aryl methyl sites for hydroxylation is 1. The predicted molar refractivity (Wildman–Crippen MR) is 95.4 cm³/mol. The first-order chi connectivity index (χ1) is 11.0. The molecule has 0 bridgehead atoms. The summed E-state index contributed by atoms with van der Waals surface area (Å²) in [4.78, 5) is 6.08. The van der Waals surface area contributed by atoms with E-state index in [1.165, 1.54) is 22.7 Å². The van der Waals surface area contributed by atoms with Crippen molar-refractivity contribution >= 4 is 48.4 Å². The van der Waals surface area contributed by atoms with Crippen LogP contribution in [0.15, 0.2) is 38.0 Å². The fourth-order valence-electron chi connectivity index (χ4n) is 2.02. The summed E-state index contributed by atoms with van der Waals surface area (Å²) in [5.74, 6) is 1.22. The lowest BCUT2D eigenvalue weighted by Crippen LogP contribution is -2.09. The molecule has 0 aliphatic carbocycles. The van der Waals surface area contributed by atoms with Gasteiger partial charge in [0, 0.05) is 11.3 Å². The summed E-state index contributed by atoms with van der Waals surface area (Å²) in [6, 6.07) is 7.53. The highest BCUT2D eigenvalue weighted by Gasteiger charge is 2.15. The van der Waals surface area contributed by atoms with Gasteiger partial charge in [0.1, 0.15) is 0 Å². The number of hydrogen-bond acceptors (Lipinski definition) is 7. The largest absolute Gasteiger partial charge is 0.339 e. The normalized spacial score (nSPS) is 11.9. The molecule has 0 atom stereocenters. The maximum atomic E-state index is 12.1. The molecule has 0 radical (unpaired) electrons. The Bertz CT molecular complexity index is 869. The Hall–Kier alpha value is -1.03. The van der Waals surface area contributed by atoms with E-state index < -0.39 is 9.84 Å². The fraction of sp³-hybridized carbons (Fsp3) is 0.286. The summed E-state index contributed by atoms with van der Waals surface area (Å²) in [6.07, 6.45) is 0.937. The van der Waals surface area contributed by atoms with Gasteiger partial charge in [-0.05, 0) is 45.9 Å². The van der Waals surface area contributed by atoms with Crippen molar-refractivity contribution in [1.29, 1.82) is 0 Å². The van der Waals surface area contributed by atoms with Crippen LogP contribution in [0, 0.1) is 0 Å². The second-order valence-corrected chi connectivity index (χ2v) is 10.6.